The number of nitrogens with one attached hydrogen (secondary N) is 1. The van der Waals surface area contributed by atoms with Crippen molar-refractivity contribution < 1.29 is 4.79 Å². The number of aromatic nitrogens is 2. The average Bonchev–Trinajstić information content (AvgIpc) is 2.92. The number of imidazole rings is 1. The Bertz CT molecular complexity index is 721. The van der Waals surface area contributed by atoms with E-state index >= 15 is 0 Å². The van der Waals surface area contributed by atoms with Gasteiger partial charge in [-0.05, 0) is 47.9 Å². The van der Waals surface area contributed by atoms with Gasteiger partial charge in [0.2, 0.25) is 5.91 Å². The second-order valence-corrected chi connectivity index (χ2v) is 8.49. The van der Waals surface area contributed by atoms with Crippen molar-refractivity contribution in [3.05, 3.63) is 46.8 Å². The molecule has 1 aromatic heterocycles. The summed E-state index contributed by atoms with van der Waals surface area (Å²) in [4.78, 5) is 16.2. The molecule has 0 saturated heterocycles. The molecule has 1 aromatic carbocycles. The van der Waals surface area contributed by atoms with E-state index in [9.17, 15) is 4.79 Å². The van der Waals surface area contributed by atoms with Crippen LogP contribution in [0, 0.1) is 13.8 Å². The van der Waals surface area contributed by atoms with E-state index in [1.165, 1.54) is 34.0 Å². The molecule has 0 radical (unpaired) electrons. The SMILES string of the molecule is Cc1cc(C(C)(C)C)cc(C)c1CCNC(=O)CSc1nccn1C. The van der Waals surface area contributed by atoms with Gasteiger partial charge in [-0.25, -0.2) is 4.98 Å². The second kappa shape index (κ2) is 8.09. The van der Waals surface area contributed by atoms with Gasteiger partial charge in [0.15, 0.2) is 5.16 Å². The third-order valence-electron chi connectivity index (χ3n) is 4.37. The molecule has 0 unspecified atom stereocenters. The lowest BCUT2D eigenvalue weighted by Crippen LogP contribution is -2.27. The van der Waals surface area contributed by atoms with Gasteiger partial charge in [-0.1, -0.05) is 44.7 Å². The molecule has 1 N–H and O–H groups in total. The first-order valence-electron chi connectivity index (χ1n) is 8.66. The van der Waals surface area contributed by atoms with E-state index in [0.717, 1.165) is 11.6 Å². The summed E-state index contributed by atoms with van der Waals surface area (Å²) >= 11 is 1.46. The van der Waals surface area contributed by atoms with Crippen LogP contribution >= 0.6 is 11.8 Å². The van der Waals surface area contributed by atoms with Crippen molar-refractivity contribution in [2.24, 2.45) is 7.05 Å². The topological polar surface area (TPSA) is 46.9 Å². The Hall–Kier alpha value is -1.75. The molecule has 0 bridgehead atoms. The van der Waals surface area contributed by atoms with Crippen molar-refractivity contribution in [3.8, 4) is 0 Å². The average molecular weight is 360 g/mol. The smallest absolute Gasteiger partial charge is 0.230 e. The zero-order chi connectivity index (χ0) is 18.6. The molecule has 0 aliphatic heterocycles. The molecule has 2 rings (SSSR count). The Labute approximate surface area is 155 Å². The molecule has 5 heteroatoms. The first-order valence-corrected chi connectivity index (χ1v) is 9.64. The van der Waals surface area contributed by atoms with E-state index < -0.39 is 0 Å². The van der Waals surface area contributed by atoms with Gasteiger partial charge in [0.25, 0.3) is 0 Å². The van der Waals surface area contributed by atoms with E-state index in [2.05, 4.69) is 57.1 Å². The van der Waals surface area contributed by atoms with Crippen molar-refractivity contribution in [1.82, 2.24) is 14.9 Å². The zero-order valence-corrected chi connectivity index (χ0v) is 17.0. The lowest BCUT2D eigenvalue weighted by atomic mass is 9.83. The van der Waals surface area contributed by atoms with E-state index in [1.807, 2.05) is 17.8 Å². The summed E-state index contributed by atoms with van der Waals surface area (Å²) < 4.78 is 1.92. The van der Waals surface area contributed by atoms with Crippen LogP contribution in [0.5, 0.6) is 0 Å². The second-order valence-electron chi connectivity index (χ2n) is 7.55. The fourth-order valence-electron chi connectivity index (χ4n) is 2.82. The summed E-state index contributed by atoms with van der Waals surface area (Å²) in [6.07, 6.45) is 4.49. The lowest BCUT2D eigenvalue weighted by Gasteiger charge is -2.22. The molecule has 0 fully saturated rings. The minimum Gasteiger partial charge on any atom is -0.355 e. The predicted molar refractivity (Wildman–Crippen MR) is 105 cm³/mol. The summed E-state index contributed by atoms with van der Waals surface area (Å²) in [7, 11) is 1.93. The van der Waals surface area contributed by atoms with E-state index in [-0.39, 0.29) is 11.3 Å². The van der Waals surface area contributed by atoms with Crippen molar-refractivity contribution in [1.29, 1.82) is 0 Å². The molecule has 0 spiro atoms. The third-order valence-corrected chi connectivity index (χ3v) is 5.43. The highest BCUT2D eigenvalue weighted by Gasteiger charge is 2.16. The van der Waals surface area contributed by atoms with E-state index in [4.69, 9.17) is 0 Å². The van der Waals surface area contributed by atoms with Crippen molar-refractivity contribution >= 4 is 17.7 Å². The van der Waals surface area contributed by atoms with Crippen LogP contribution in [0.15, 0.2) is 29.7 Å². The summed E-state index contributed by atoms with van der Waals surface area (Å²) in [5.41, 5.74) is 5.47. The Kier molecular flexibility index (Phi) is 6.33. The largest absolute Gasteiger partial charge is 0.355 e. The number of benzene rings is 1. The first-order chi connectivity index (χ1) is 11.7. The number of hydrogen-bond acceptors (Lipinski definition) is 3. The minimum absolute atomic E-state index is 0.0506. The number of thioether (sulfide) groups is 1. The normalized spacial score (nSPS) is 11.6. The number of nitrogens with zero attached hydrogens (tertiary/aromatic N) is 2. The molecule has 0 atom stereocenters. The first kappa shape index (κ1) is 19.6. The highest BCUT2D eigenvalue weighted by atomic mass is 32.2. The summed E-state index contributed by atoms with van der Waals surface area (Å²) in [6, 6.07) is 4.56. The van der Waals surface area contributed by atoms with Crippen LogP contribution in [0.1, 0.15) is 43.0 Å². The monoisotopic (exact) mass is 359 g/mol. The number of rotatable bonds is 6. The Balaban J connectivity index is 1.87. The third kappa shape index (κ3) is 5.36. The van der Waals surface area contributed by atoms with Gasteiger partial charge in [0.1, 0.15) is 0 Å². The van der Waals surface area contributed by atoms with Crippen LogP contribution in [0.4, 0.5) is 0 Å². The molecule has 1 heterocycles. The van der Waals surface area contributed by atoms with Gasteiger partial charge >= 0.3 is 0 Å². The zero-order valence-electron chi connectivity index (χ0n) is 16.1. The van der Waals surface area contributed by atoms with Crippen molar-refractivity contribution in [2.45, 2.75) is 51.6 Å². The maximum atomic E-state index is 12.0. The minimum atomic E-state index is 0.0506. The molecular formula is C20H29N3OS. The molecule has 4 nitrogen and oxygen atoms in total. The van der Waals surface area contributed by atoms with Gasteiger partial charge in [-0.15, -0.1) is 0 Å². The summed E-state index contributed by atoms with van der Waals surface area (Å²) in [6.45, 7) is 11.7. The molecule has 25 heavy (non-hydrogen) atoms. The van der Waals surface area contributed by atoms with Crippen LogP contribution < -0.4 is 5.32 Å². The predicted octanol–water partition coefficient (Wildman–Crippen LogP) is 3.79. The lowest BCUT2D eigenvalue weighted by molar-refractivity contribution is -0.118. The number of carbonyl (C=O) groups excluding carboxylic acids is 1. The number of aryl methyl sites for hydroxylation is 3. The molecule has 2 aromatic rings. The summed E-state index contributed by atoms with van der Waals surface area (Å²) in [5.74, 6) is 0.445. The van der Waals surface area contributed by atoms with Gasteiger partial charge < -0.3 is 9.88 Å². The molecule has 0 aliphatic carbocycles. The Morgan fingerprint density at radius 2 is 1.88 bits per heavy atom. The molecule has 0 aliphatic rings. The molecule has 136 valence electrons. The number of hydrogen-bond donors (Lipinski definition) is 1. The van der Waals surface area contributed by atoms with Gasteiger partial charge in [-0.2, -0.15) is 0 Å². The molecule has 0 saturated carbocycles. The Morgan fingerprint density at radius 1 is 1.24 bits per heavy atom. The van der Waals surface area contributed by atoms with E-state index in [0.29, 0.717) is 12.3 Å². The van der Waals surface area contributed by atoms with Gasteiger partial charge in [0, 0.05) is 26.0 Å². The van der Waals surface area contributed by atoms with Crippen LogP contribution in [0.2, 0.25) is 0 Å². The van der Waals surface area contributed by atoms with Gasteiger partial charge in [0.05, 0.1) is 5.75 Å². The Morgan fingerprint density at radius 3 is 2.40 bits per heavy atom. The fraction of sp³-hybridized carbons (Fsp3) is 0.500. The molecular weight excluding hydrogens is 330 g/mol. The molecule has 1 amide bonds. The fourth-order valence-corrected chi connectivity index (χ4v) is 3.58. The standard InChI is InChI=1S/C20H29N3OS/c1-14-11-16(20(3,4)5)12-15(2)17(14)7-8-21-18(24)13-25-19-22-9-10-23(19)6/h9-12H,7-8,13H2,1-6H3,(H,21,24). The van der Waals surface area contributed by atoms with Crippen LogP contribution in [-0.2, 0) is 23.7 Å². The maximum absolute atomic E-state index is 12.0. The van der Waals surface area contributed by atoms with Crippen LogP contribution in [0.3, 0.4) is 0 Å². The van der Waals surface area contributed by atoms with Crippen molar-refractivity contribution in [2.75, 3.05) is 12.3 Å². The quantitative estimate of drug-likeness (QED) is 0.798. The van der Waals surface area contributed by atoms with Crippen LogP contribution in [0.25, 0.3) is 0 Å². The highest BCUT2D eigenvalue weighted by molar-refractivity contribution is 7.99. The van der Waals surface area contributed by atoms with Crippen LogP contribution in [-0.4, -0.2) is 27.8 Å². The highest BCUT2D eigenvalue weighted by Crippen LogP contribution is 2.27. The summed E-state index contributed by atoms with van der Waals surface area (Å²) in [5, 5.41) is 3.88. The number of amides is 1. The van der Waals surface area contributed by atoms with Gasteiger partial charge in [-0.3, -0.25) is 4.79 Å². The number of carbonyl (C=O) groups is 1. The maximum Gasteiger partial charge on any atom is 0.230 e. The van der Waals surface area contributed by atoms with E-state index in [1.54, 1.807) is 6.20 Å². The van der Waals surface area contributed by atoms with Crippen molar-refractivity contribution in [3.63, 3.8) is 0 Å².